The van der Waals surface area contributed by atoms with Gasteiger partial charge in [-0.15, -0.1) is 0 Å². The average molecular weight is 281 g/mol. The number of aryl methyl sites for hydroxylation is 1. The van der Waals surface area contributed by atoms with Gasteiger partial charge in [0.1, 0.15) is 11.3 Å². The fourth-order valence-corrected chi connectivity index (χ4v) is 1.58. The van der Waals surface area contributed by atoms with E-state index in [-0.39, 0.29) is 22.2 Å². The predicted octanol–water partition coefficient (Wildman–Crippen LogP) is 1.92. The summed E-state index contributed by atoms with van der Waals surface area (Å²) in [6, 6.07) is 4.09. The molecule has 1 aromatic heterocycles. The van der Waals surface area contributed by atoms with Crippen LogP contribution in [0.25, 0.3) is 0 Å². The summed E-state index contributed by atoms with van der Waals surface area (Å²) in [6.45, 7) is 0. The molecule has 0 amide bonds. The predicted molar refractivity (Wildman–Crippen MR) is 68.0 cm³/mol. The smallest absolute Gasteiger partial charge is 0.339 e. The van der Waals surface area contributed by atoms with E-state index in [9.17, 15) is 9.59 Å². The van der Waals surface area contributed by atoms with E-state index in [0.717, 1.165) is 0 Å². The molecule has 98 valence electrons. The van der Waals surface area contributed by atoms with Crippen molar-refractivity contribution in [2.75, 3.05) is 0 Å². The summed E-state index contributed by atoms with van der Waals surface area (Å²) < 4.78 is 6.53. The molecule has 1 N–H and O–H groups in total. The summed E-state index contributed by atoms with van der Waals surface area (Å²) in [5, 5.41) is 9.31. The van der Waals surface area contributed by atoms with Crippen LogP contribution in [-0.2, 0) is 7.05 Å². The highest BCUT2D eigenvalue weighted by Crippen LogP contribution is 2.25. The SMILES string of the molecule is Cn1ccnc(Oc2ccc(Cl)cc2C(=O)O)c1=O. The topological polar surface area (TPSA) is 81.4 Å². The van der Waals surface area contributed by atoms with Gasteiger partial charge < -0.3 is 14.4 Å². The van der Waals surface area contributed by atoms with Crippen molar-refractivity contribution < 1.29 is 14.6 Å². The number of hydrogen-bond acceptors (Lipinski definition) is 4. The van der Waals surface area contributed by atoms with E-state index in [4.69, 9.17) is 21.4 Å². The molecule has 0 aliphatic carbocycles. The van der Waals surface area contributed by atoms with Gasteiger partial charge in [-0.05, 0) is 18.2 Å². The van der Waals surface area contributed by atoms with E-state index >= 15 is 0 Å². The fourth-order valence-electron chi connectivity index (χ4n) is 1.41. The minimum atomic E-state index is -1.20. The molecule has 0 fully saturated rings. The number of carboxylic acid groups (broad SMARTS) is 1. The molecular formula is C12H9ClN2O4. The van der Waals surface area contributed by atoms with Gasteiger partial charge in [0.05, 0.1) is 0 Å². The third-order valence-electron chi connectivity index (χ3n) is 2.36. The number of carboxylic acids is 1. The number of halogens is 1. The summed E-state index contributed by atoms with van der Waals surface area (Å²) in [5.41, 5.74) is -0.603. The molecule has 0 aliphatic heterocycles. The van der Waals surface area contributed by atoms with E-state index in [1.807, 2.05) is 0 Å². The molecule has 7 heteroatoms. The summed E-state index contributed by atoms with van der Waals surface area (Å²) in [6.07, 6.45) is 2.85. The van der Waals surface area contributed by atoms with Gasteiger partial charge in [0.15, 0.2) is 0 Å². The van der Waals surface area contributed by atoms with Gasteiger partial charge in [-0.2, -0.15) is 0 Å². The quantitative estimate of drug-likeness (QED) is 0.929. The molecule has 1 aromatic carbocycles. The molecule has 0 atom stereocenters. The first-order valence-electron chi connectivity index (χ1n) is 5.21. The van der Waals surface area contributed by atoms with Gasteiger partial charge in [-0.3, -0.25) is 4.79 Å². The first-order chi connectivity index (χ1) is 8.99. The Balaban J connectivity index is 2.47. The zero-order valence-corrected chi connectivity index (χ0v) is 10.6. The second-order valence-corrected chi connectivity index (χ2v) is 4.13. The summed E-state index contributed by atoms with van der Waals surface area (Å²) in [7, 11) is 1.54. The van der Waals surface area contributed by atoms with Crippen LogP contribution < -0.4 is 10.3 Å². The van der Waals surface area contributed by atoms with Crippen molar-refractivity contribution in [3.63, 3.8) is 0 Å². The molecule has 0 spiro atoms. The second-order valence-electron chi connectivity index (χ2n) is 3.70. The molecule has 2 aromatic rings. The van der Waals surface area contributed by atoms with Gasteiger partial charge >= 0.3 is 11.5 Å². The van der Waals surface area contributed by atoms with Crippen LogP contribution in [0.3, 0.4) is 0 Å². The molecule has 0 bridgehead atoms. The number of rotatable bonds is 3. The van der Waals surface area contributed by atoms with E-state index in [1.165, 1.54) is 42.2 Å². The van der Waals surface area contributed by atoms with Crippen LogP contribution in [0.15, 0.2) is 35.4 Å². The van der Waals surface area contributed by atoms with Crippen molar-refractivity contribution in [1.82, 2.24) is 9.55 Å². The van der Waals surface area contributed by atoms with Crippen molar-refractivity contribution >= 4 is 17.6 Å². The number of hydrogen-bond donors (Lipinski definition) is 1. The Morgan fingerprint density at radius 1 is 1.47 bits per heavy atom. The van der Waals surface area contributed by atoms with Crippen molar-refractivity contribution in [2.45, 2.75) is 0 Å². The Morgan fingerprint density at radius 3 is 2.89 bits per heavy atom. The highest BCUT2D eigenvalue weighted by Gasteiger charge is 2.15. The van der Waals surface area contributed by atoms with Crippen LogP contribution in [0.1, 0.15) is 10.4 Å². The van der Waals surface area contributed by atoms with E-state index in [2.05, 4.69) is 4.98 Å². The lowest BCUT2D eigenvalue weighted by Crippen LogP contribution is -2.18. The maximum absolute atomic E-state index is 11.7. The average Bonchev–Trinajstić information content (AvgIpc) is 2.36. The number of ether oxygens (including phenoxy) is 1. The summed E-state index contributed by atoms with van der Waals surface area (Å²) in [4.78, 5) is 26.6. The van der Waals surface area contributed by atoms with Crippen molar-refractivity contribution in [2.24, 2.45) is 7.05 Å². The molecule has 19 heavy (non-hydrogen) atoms. The summed E-state index contributed by atoms with van der Waals surface area (Å²) >= 11 is 5.72. The molecule has 0 saturated heterocycles. The molecular weight excluding hydrogens is 272 g/mol. The molecule has 0 saturated carbocycles. The van der Waals surface area contributed by atoms with Crippen molar-refractivity contribution in [1.29, 1.82) is 0 Å². The summed E-state index contributed by atoms with van der Waals surface area (Å²) in [5.74, 6) is -1.40. The van der Waals surface area contributed by atoms with Crippen LogP contribution >= 0.6 is 11.6 Å². The van der Waals surface area contributed by atoms with E-state index in [0.29, 0.717) is 0 Å². The standard InChI is InChI=1S/C12H9ClN2O4/c1-15-5-4-14-10(11(15)16)19-9-3-2-7(13)6-8(9)12(17)18/h2-6H,1H3,(H,17,18). The van der Waals surface area contributed by atoms with Crippen LogP contribution in [0, 0.1) is 0 Å². The Labute approximate surface area is 112 Å². The molecule has 0 unspecified atom stereocenters. The van der Waals surface area contributed by atoms with Crippen LogP contribution in [-0.4, -0.2) is 20.6 Å². The normalized spacial score (nSPS) is 10.2. The number of aromatic nitrogens is 2. The maximum atomic E-state index is 11.7. The monoisotopic (exact) mass is 280 g/mol. The zero-order chi connectivity index (χ0) is 14.0. The number of benzene rings is 1. The number of carbonyl (C=O) groups is 1. The first-order valence-corrected chi connectivity index (χ1v) is 5.59. The van der Waals surface area contributed by atoms with E-state index < -0.39 is 11.5 Å². The van der Waals surface area contributed by atoms with Crippen LogP contribution in [0.2, 0.25) is 5.02 Å². The minimum absolute atomic E-state index is 0.00713. The minimum Gasteiger partial charge on any atom is -0.478 e. The molecule has 0 aliphatic rings. The highest BCUT2D eigenvalue weighted by atomic mass is 35.5. The zero-order valence-electron chi connectivity index (χ0n) is 9.83. The van der Waals surface area contributed by atoms with Crippen molar-refractivity contribution in [3.8, 4) is 11.6 Å². The van der Waals surface area contributed by atoms with Gasteiger partial charge in [0, 0.05) is 24.5 Å². The second kappa shape index (κ2) is 5.11. The first kappa shape index (κ1) is 13.1. The Bertz CT molecular complexity index is 696. The Kier molecular flexibility index (Phi) is 3.52. The number of aromatic carboxylic acids is 1. The van der Waals surface area contributed by atoms with Gasteiger partial charge in [-0.25, -0.2) is 9.78 Å². The van der Waals surface area contributed by atoms with Crippen molar-refractivity contribution in [3.05, 3.63) is 51.5 Å². The molecule has 6 nitrogen and oxygen atoms in total. The van der Waals surface area contributed by atoms with Crippen LogP contribution in [0.4, 0.5) is 0 Å². The lowest BCUT2D eigenvalue weighted by molar-refractivity contribution is 0.0694. The lowest BCUT2D eigenvalue weighted by atomic mass is 10.2. The van der Waals surface area contributed by atoms with Gasteiger partial charge in [0.25, 0.3) is 5.88 Å². The number of nitrogens with zero attached hydrogens (tertiary/aromatic N) is 2. The van der Waals surface area contributed by atoms with Gasteiger partial charge in [-0.1, -0.05) is 11.6 Å². The molecule has 2 rings (SSSR count). The Morgan fingerprint density at radius 2 is 2.21 bits per heavy atom. The van der Waals surface area contributed by atoms with E-state index in [1.54, 1.807) is 0 Å². The lowest BCUT2D eigenvalue weighted by Gasteiger charge is -2.08. The van der Waals surface area contributed by atoms with Gasteiger partial charge in [0.2, 0.25) is 0 Å². The molecule has 0 radical (unpaired) electrons. The third kappa shape index (κ3) is 2.74. The molecule has 1 heterocycles. The maximum Gasteiger partial charge on any atom is 0.339 e. The Hall–Kier alpha value is -2.34. The van der Waals surface area contributed by atoms with Crippen LogP contribution in [0.5, 0.6) is 11.6 Å². The highest BCUT2D eigenvalue weighted by molar-refractivity contribution is 6.31. The largest absolute Gasteiger partial charge is 0.478 e. The third-order valence-corrected chi connectivity index (χ3v) is 2.60. The fraction of sp³-hybridized carbons (Fsp3) is 0.0833.